The Bertz CT molecular complexity index is 1530. The summed E-state index contributed by atoms with van der Waals surface area (Å²) in [5.41, 5.74) is 2.76. The number of urea groups is 1. The number of sulfone groups is 1. The predicted octanol–water partition coefficient (Wildman–Crippen LogP) is 3.90. The van der Waals surface area contributed by atoms with Gasteiger partial charge in [0.2, 0.25) is 9.84 Å². The quantitative estimate of drug-likeness (QED) is 0.394. The molecule has 1 saturated heterocycles. The molecule has 1 fully saturated rings. The molecule has 4 aromatic rings. The molecule has 0 radical (unpaired) electrons. The van der Waals surface area contributed by atoms with E-state index in [1.807, 2.05) is 37.3 Å². The Morgan fingerprint density at radius 3 is 2.56 bits per heavy atom. The minimum atomic E-state index is -3.91. The van der Waals surface area contributed by atoms with Crippen LogP contribution in [0.3, 0.4) is 0 Å². The minimum absolute atomic E-state index is 0.00718. The van der Waals surface area contributed by atoms with Crippen LogP contribution >= 0.6 is 11.3 Å². The van der Waals surface area contributed by atoms with Crippen molar-refractivity contribution in [3.8, 4) is 5.75 Å². The average molecular weight is 494 g/mol. The molecule has 1 atom stereocenters. The second-order valence-electron chi connectivity index (χ2n) is 7.75. The number of imide groups is 1. The number of carbonyl (C=O) groups excluding carboxylic acids is 2. The predicted molar refractivity (Wildman–Crippen MR) is 126 cm³/mol. The van der Waals surface area contributed by atoms with Gasteiger partial charge in [-0.15, -0.1) is 11.3 Å². The third-order valence-corrected chi connectivity index (χ3v) is 8.38. The summed E-state index contributed by atoms with van der Waals surface area (Å²) in [6, 6.07) is 15.7. The number of carbonyl (C=O) groups is 2. The first-order valence-electron chi connectivity index (χ1n) is 10.3. The SMILES string of the molecule is Cc1cc(COc2ccc(S(=O)(=O)c3ccsc3C3NC(=O)NC3=O)cc2)c2ccccc2n1. The standard InChI is InChI=1S/C24H19N3O5S2/c1-14-12-15(18-4-2-3-5-19(18)25-14)13-32-16-6-8-17(9-7-16)34(30,31)20-10-11-33-22(20)21-23(28)27-24(29)26-21/h2-12,21H,13H2,1H3,(H2,26,27,28,29). The maximum atomic E-state index is 13.2. The summed E-state index contributed by atoms with van der Waals surface area (Å²) in [7, 11) is -3.91. The molecule has 1 aliphatic heterocycles. The van der Waals surface area contributed by atoms with Crippen molar-refractivity contribution in [1.29, 1.82) is 0 Å². The van der Waals surface area contributed by atoms with Gasteiger partial charge in [-0.05, 0) is 54.8 Å². The molecule has 1 aliphatic rings. The number of benzene rings is 2. The summed E-state index contributed by atoms with van der Waals surface area (Å²) in [5, 5.41) is 7.16. The molecule has 0 spiro atoms. The van der Waals surface area contributed by atoms with Crippen molar-refractivity contribution in [2.45, 2.75) is 29.4 Å². The Morgan fingerprint density at radius 2 is 1.82 bits per heavy atom. The number of thiophene rings is 1. The lowest BCUT2D eigenvalue weighted by molar-refractivity contribution is -0.120. The van der Waals surface area contributed by atoms with Gasteiger partial charge in [-0.3, -0.25) is 15.1 Å². The highest BCUT2D eigenvalue weighted by Gasteiger charge is 2.36. The fraction of sp³-hybridized carbons (Fsp3) is 0.125. The number of pyridine rings is 1. The van der Waals surface area contributed by atoms with Crippen LogP contribution in [0.2, 0.25) is 0 Å². The first-order valence-corrected chi connectivity index (χ1v) is 12.7. The smallest absolute Gasteiger partial charge is 0.322 e. The molecule has 2 N–H and O–H groups in total. The number of rotatable bonds is 6. The van der Waals surface area contributed by atoms with Gasteiger partial charge >= 0.3 is 6.03 Å². The van der Waals surface area contributed by atoms with E-state index in [4.69, 9.17) is 4.74 Å². The van der Waals surface area contributed by atoms with Crippen LogP contribution in [0.25, 0.3) is 10.9 Å². The molecule has 34 heavy (non-hydrogen) atoms. The number of amides is 3. The summed E-state index contributed by atoms with van der Waals surface area (Å²) in [5.74, 6) is -0.0583. The Kier molecular flexibility index (Phi) is 5.54. The number of aryl methyl sites for hydroxylation is 1. The lowest BCUT2D eigenvalue weighted by Gasteiger charge is -2.12. The summed E-state index contributed by atoms with van der Waals surface area (Å²) < 4.78 is 32.4. The van der Waals surface area contributed by atoms with Crippen LogP contribution in [-0.4, -0.2) is 25.3 Å². The van der Waals surface area contributed by atoms with Crippen molar-refractivity contribution in [2.24, 2.45) is 0 Å². The number of nitrogens with zero attached hydrogens (tertiary/aromatic N) is 1. The number of para-hydroxylation sites is 1. The maximum Gasteiger partial charge on any atom is 0.322 e. The van der Waals surface area contributed by atoms with Gasteiger partial charge in [0.15, 0.2) is 0 Å². The molecule has 0 aliphatic carbocycles. The Labute approximate surface area is 199 Å². The summed E-state index contributed by atoms with van der Waals surface area (Å²) >= 11 is 1.10. The highest BCUT2D eigenvalue weighted by molar-refractivity contribution is 7.91. The zero-order valence-electron chi connectivity index (χ0n) is 17.9. The second-order valence-corrected chi connectivity index (χ2v) is 10.6. The normalized spacial score (nSPS) is 15.9. The van der Waals surface area contributed by atoms with E-state index in [0.717, 1.165) is 33.5 Å². The zero-order chi connectivity index (χ0) is 23.9. The van der Waals surface area contributed by atoms with Crippen molar-refractivity contribution in [3.05, 3.63) is 82.2 Å². The number of hydrogen-bond donors (Lipinski definition) is 2. The van der Waals surface area contributed by atoms with E-state index >= 15 is 0 Å². The number of hydrogen-bond acceptors (Lipinski definition) is 7. The van der Waals surface area contributed by atoms with Crippen molar-refractivity contribution in [2.75, 3.05) is 0 Å². The van der Waals surface area contributed by atoms with Crippen molar-refractivity contribution >= 4 is 44.0 Å². The van der Waals surface area contributed by atoms with Gasteiger partial charge in [-0.25, -0.2) is 13.2 Å². The largest absolute Gasteiger partial charge is 0.489 e. The van der Waals surface area contributed by atoms with Crippen LogP contribution in [0.15, 0.2) is 75.8 Å². The van der Waals surface area contributed by atoms with Crippen LogP contribution in [-0.2, 0) is 21.2 Å². The molecule has 1 unspecified atom stereocenters. The molecule has 10 heteroatoms. The molecule has 2 aromatic carbocycles. The molecule has 172 valence electrons. The van der Waals surface area contributed by atoms with E-state index < -0.39 is 27.8 Å². The highest BCUT2D eigenvalue weighted by Crippen LogP contribution is 2.34. The molecule has 2 aromatic heterocycles. The monoisotopic (exact) mass is 493 g/mol. The molecule has 5 rings (SSSR count). The number of nitrogens with one attached hydrogen (secondary N) is 2. The molecule has 3 heterocycles. The van der Waals surface area contributed by atoms with Crippen LogP contribution in [0.4, 0.5) is 4.79 Å². The van der Waals surface area contributed by atoms with Crippen molar-refractivity contribution in [3.63, 3.8) is 0 Å². The van der Waals surface area contributed by atoms with Crippen molar-refractivity contribution in [1.82, 2.24) is 15.6 Å². The average Bonchev–Trinajstić information content (AvgIpc) is 3.44. The van der Waals surface area contributed by atoms with Crippen LogP contribution in [0, 0.1) is 6.92 Å². The van der Waals surface area contributed by atoms with E-state index in [2.05, 4.69) is 15.6 Å². The van der Waals surface area contributed by atoms with E-state index in [1.165, 1.54) is 18.2 Å². The fourth-order valence-corrected chi connectivity index (χ4v) is 6.64. The molecule has 0 saturated carbocycles. The molecule has 3 amide bonds. The van der Waals surface area contributed by atoms with E-state index in [0.29, 0.717) is 12.4 Å². The van der Waals surface area contributed by atoms with Gasteiger partial charge < -0.3 is 10.1 Å². The highest BCUT2D eigenvalue weighted by atomic mass is 32.2. The topological polar surface area (TPSA) is 114 Å². The first-order chi connectivity index (χ1) is 16.3. The van der Waals surface area contributed by atoms with E-state index in [9.17, 15) is 18.0 Å². The van der Waals surface area contributed by atoms with Gasteiger partial charge in [0, 0.05) is 16.6 Å². The second kappa shape index (κ2) is 8.54. The molecular weight excluding hydrogens is 474 g/mol. The summed E-state index contributed by atoms with van der Waals surface area (Å²) in [6.45, 7) is 2.23. The van der Waals surface area contributed by atoms with E-state index in [1.54, 1.807) is 17.5 Å². The van der Waals surface area contributed by atoms with Gasteiger partial charge in [0.05, 0.1) is 20.2 Å². The van der Waals surface area contributed by atoms with E-state index in [-0.39, 0.29) is 14.7 Å². The molecule has 0 bridgehead atoms. The summed E-state index contributed by atoms with van der Waals surface area (Å²) in [4.78, 5) is 28.4. The Morgan fingerprint density at radius 1 is 1.06 bits per heavy atom. The van der Waals surface area contributed by atoms with Crippen LogP contribution < -0.4 is 15.4 Å². The third kappa shape index (κ3) is 4.02. The van der Waals surface area contributed by atoms with Crippen LogP contribution in [0.1, 0.15) is 22.2 Å². The van der Waals surface area contributed by atoms with Crippen molar-refractivity contribution < 1.29 is 22.7 Å². The lowest BCUT2D eigenvalue weighted by Crippen LogP contribution is -2.22. The number of fused-ring (bicyclic) bond motifs is 1. The first kappa shape index (κ1) is 22.1. The Balaban J connectivity index is 1.37. The Hall–Kier alpha value is -3.76. The number of aromatic nitrogens is 1. The zero-order valence-corrected chi connectivity index (χ0v) is 19.6. The molecule has 8 nitrogen and oxygen atoms in total. The van der Waals surface area contributed by atoms with Crippen LogP contribution in [0.5, 0.6) is 5.75 Å². The third-order valence-electron chi connectivity index (χ3n) is 5.44. The maximum absolute atomic E-state index is 13.2. The summed E-state index contributed by atoms with van der Waals surface area (Å²) in [6.07, 6.45) is 0. The van der Waals surface area contributed by atoms with Gasteiger partial charge in [0.1, 0.15) is 18.4 Å². The van der Waals surface area contributed by atoms with Gasteiger partial charge in [-0.2, -0.15) is 0 Å². The molecular formula is C24H19N3O5S2. The fourth-order valence-electron chi connectivity index (χ4n) is 3.86. The van der Waals surface area contributed by atoms with Gasteiger partial charge in [-0.1, -0.05) is 18.2 Å². The lowest BCUT2D eigenvalue weighted by atomic mass is 10.1. The van der Waals surface area contributed by atoms with Gasteiger partial charge in [0.25, 0.3) is 5.91 Å². The minimum Gasteiger partial charge on any atom is -0.489 e. The number of ether oxygens (including phenoxy) is 1.